The summed E-state index contributed by atoms with van der Waals surface area (Å²) in [6, 6.07) is 20.0. The zero-order valence-corrected chi connectivity index (χ0v) is 11.1. The minimum Gasteiger partial charge on any atom is -0.208 e. The fourth-order valence-corrected chi connectivity index (χ4v) is 2.24. The van der Waals surface area contributed by atoms with Gasteiger partial charge in [0, 0.05) is 0 Å². The van der Waals surface area contributed by atoms with E-state index in [1.807, 2.05) is 70.8 Å². The lowest BCUT2D eigenvalue weighted by Gasteiger charge is -2.29. The van der Waals surface area contributed by atoms with Gasteiger partial charge in [0.25, 0.3) is 0 Å². The smallest absolute Gasteiger partial charge is 0.208 e. The summed E-state index contributed by atoms with van der Waals surface area (Å²) in [6.45, 7) is 0. The summed E-state index contributed by atoms with van der Waals surface area (Å²) in [6.07, 6.45) is 0. The van der Waals surface area contributed by atoms with Crippen molar-refractivity contribution in [1.29, 1.82) is 0 Å². The Morgan fingerprint density at radius 3 is 2.00 bits per heavy atom. The highest BCUT2D eigenvalue weighted by Gasteiger charge is 2.25. The van der Waals surface area contributed by atoms with E-state index in [1.165, 1.54) is 0 Å². The lowest BCUT2D eigenvalue weighted by molar-refractivity contribution is 0.723. The third-order valence-electron chi connectivity index (χ3n) is 2.61. The van der Waals surface area contributed by atoms with Crippen molar-refractivity contribution in [2.45, 2.75) is 0 Å². The van der Waals surface area contributed by atoms with Crippen molar-refractivity contribution < 1.29 is 0 Å². The van der Waals surface area contributed by atoms with E-state index < -0.39 is 0 Å². The molecule has 4 nitrogen and oxygen atoms in total. The first-order valence-corrected chi connectivity index (χ1v) is 6.34. The van der Waals surface area contributed by atoms with Crippen LogP contribution in [0.2, 0.25) is 0 Å². The van der Waals surface area contributed by atoms with E-state index in [2.05, 4.69) is 26.6 Å². The third-order valence-corrected chi connectivity index (χ3v) is 3.13. The normalized spacial score (nSPS) is 14.4. The first kappa shape index (κ1) is 11.1. The van der Waals surface area contributed by atoms with Crippen LogP contribution in [0.3, 0.4) is 0 Å². The maximum atomic E-state index is 4.19. The van der Waals surface area contributed by atoms with Crippen LogP contribution in [-0.2, 0) is 0 Å². The van der Waals surface area contributed by atoms with Crippen LogP contribution < -0.4 is 15.7 Å². The first-order valence-electron chi connectivity index (χ1n) is 5.55. The molecule has 90 valence electrons. The van der Waals surface area contributed by atoms with E-state index in [1.54, 1.807) is 0 Å². The number of nitrogens with zero attached hydrogens (tertiary/aromatic N) is 3. The molecule has 0 saturated carbocycles. The maximum Gasteiger partial charge on any atom is 0.218 e. The van der Waals surface area contributed by atoms with Gasteiger partial charge in [-0.25, -0.2) is 5.01 Å². The van der Waals surface area contributed by atoms with Gasteiger partial charge in [-0.05, 0) is 40.2 Å². The van der Waals surface area contributed by atoms with Gasteiger partial charge >= 0.3 is 0 Å². The summed E-state index contributed by atoms with van der Waals surface area (Å²) < 4.78 is 0.720. The zero-order valence-electron chi connectivity index (χ0n) is 9.49. The Hall–Kier alpha value is -2.01. The fraction of sp³-hybridized carbons (Fsp3) is 0. The fourth-order valence-electron chi connectivity index (χ4n) is 1.80. The van der Waals surface area contributed by atoms with Gasteiger partial charge in [0.15, 0.2) is 0 Å². The topological polar surface area (TPSA) is 30.9 Å². The van der Waals surface area contributed by atoms with Crippen molar-refractivity contribution in [3.05, 3.63) is 60.7 Å². The van der Waals surface area contributed by atoms with Gasteiger partial charge in [0.2, 0.25) is 4.74 Å². The molecule has 0 fully saturated rings. The number of hydrogen-bond donors (Lipinski definition) is 1. The number of nitrogens with one attached hydrogen (secondary N) is 1. The quantitative estimate of drug-likeness (QED) is 0.865. The average molecular weight is 303 g/mol. The van der Waals surface area contributed by atoms with Crippen LogP contribution in [0, 0.1) is 0 Å². The van der Waals surface area contributed by atoms with Crippen LogP contribution in [0.4, 0.5) is 11.4 Å². The number of benzene rings is 2. The van der Waals surface area contributed by atoms with Gasteiger partial charge in [0.05, 0.1) is 11.4 Å². The van der Waals surface area contributed by atoms with Gasteiger partial charge in [-0.15, -0.1) is 5.10 Å². The van der Waals surface area contributed by atoms with Crippen molar-refractivity contribution in [3.8, 4) is 0 Å². The lowest BCUT2D eigenvalue weighted by Crippen LogP contribution is -2.44. The van der Waals surface area contributed by atoms with Gasteiger partial charge in [-0.1, -0.05) is 36.4 Å². The van der Waals surface area contributed by atoms with Gasteiger partial charge in [-0.3, -0.25) is 0 Å². The predicted octanol–water partition coefficient (Wildman–Crippen LogP) is 3.10. The predicted molar refractivity (Wildman–Crippen MR) is 77.3 cm³/mol. The molecular formula is C13H11BrN4. The Kier molecular flexibility index (Phi) is 2.90. The number of rotatable bonds is 2. The molecule has 2 aromatic rings. The Morgan fingerprint density at radius 2 is 1.39 bits per heavy atom. The molecule has 1 N–H and O–H groups in total. The molecule has 18 heavy (non-hydrogen) atoms. The molecule has 3 rings (SSSR count). The van der Waals surface area contributed by atoms with E-state index in [0.29, 0.717) is 0 Å². The first-order chi connectivity index (χ1) is 8.86. The summed E-state index contributed by atoms with van der Waals surface area (Å²) in [7, 11) is 0. The Balaban J connectivity index is 1.98. The number of hydrazine groups is 2. The molecule has 0 amide bonds. The van der Waals surface area contributed by atoms with Crippen LogP contribution in [0.5, 0.6) is 0 Å². The molecule has 1 aliphatic rings. The van der Waals surface area contributed by atoms with Gasteiger partial charge in [-0.2, -0.15) is 10.7 Å². The van der Waals surface area contributed by atoms with Gasteiger partial charge in [0.1, 0.15) is 0 Å². The number of anilines is 2. The molecular weight excluding hydrogens is 292 g/mol. The van der Waals surface area contributed by atoms with Crippen LogP contribution in [0.25, 0.3) is 0 Å². The van der Waals surface area contributed by atoms with Gasteiger partial charge < -0.3 is 0 Å². The molecule has 0 saturated heterocycles. The highest BCUT2D eigenvalue weighted by Crippen LogP contribution is 2.25. The second-order valence-electron chi connectivity index (χ2n) is 3.78. The monoisotopic (exact) mass is 302 g/mol. The molecule has 0 radical (unpaired) electrons. The highest BCUT2D eigenvalue weighted by molar-refractivity contribution is 9.18. The SMILES string of the molecule is BrC1=NNN(c2ccccc2)N1c1ccccc1. The number of hydrogen-bond acceptors (Lipinski definition) is 4. The van der Waals surface area contributed by atoms with E-state index in [9.17, 15) is 0 Å². The highest BCUT2D eigenvalue weighted by atomic mass is 79.9. The van der Waals surface area contributed by atoms with E-state index in [0.717, 1.165) is 16.1 Å². The molecule has 1 heterocycles. The molecule has 0 aliphatic carbocycles. The van der Waals surface area contributed by atoms with Crippen molar-refractivity contribution in [2.75, 3.05) is 10.1 Å². The van der Waals surface area contributed by atoms with Crippen LogP contribution in [0.15, 0.2) is 65.8 Å². The van der Waals surface area contributed by atoms with Crippen molar-refractivity contribution in [2.24, 2.45) is 5.10 Å². The lowest BCUT2D eigenvalue weighted by atomic mass is 10.3. The summed E-state index contributed by atoms with van der Waals surface area (Å²) >= 11 is 3.45. The number of halogens is 1. The van der Waals surface area contributed by atoms with Crippen molar-refractivity contribution >= 4 is 32.0 Å². The van der Waals surface area contributed by atoms with E-state index in [4.69, 9.17) is 0 Å². The van der Waals surface area contributed by atoms with Crippen molar-refractivity contribution in [3.63, 3.8) is 0 Å². The number of para-hydroxylation sites is 2. The largest absolute Gasteiger partial charge is 0.218 e. The molecule has 5 heteroatoms. The van der Waals surface area contributed by atoms with Crippen LogP contribution in [0.1, 0.15) is 0 Å². The standard InChI is InChI=1S/C13H11BrN4/c14-13-15-16-18(12-9-5-2-6-10-12)17(13)11-7-3-1-4-8-11/h1-10,16H. The second-order valence-corrected chi connectivity index (χ2v) is 4.48. The zero-order chi connectivity index (χ0) is 12.4. The van der Waals surface area contributed by atoms with E-state index >= 15 is 0 Å². The molecule has 2 aromatic carbocycles. The van der Waals surface area contributed by atoms with Crippen LogP contribution >= 0.6 is 15.9 Å². The summed E-state index contributed by atoms with van der Waals surface area (Å²) in [5, 5.41) is 8.02. The Morgan fingerprint density at radius 1 is 0.833 bits per heavy atom. The summed E-state index contributed by atoms with van der Waals surface area (Å²) in [5.41, 5.74) is 5.01. The number of hydrazone groups is 1. The van der Waals surface area contributed by atoms with Crippen LogP contribution in [-0.4, -0.2) is 4.74 Å². The van der Waals surface area contributed by atoms with E-state index in [-0.39, 0.29) is 0 Å². The minimum atomic E-state index is 0.720. The number of amidine groups is 1. The molecule has 0 bridgehead atoms. The molecule has 1 aliphatic heterocycles. The van der Waals surface area contributed by atoms with Crippen molar-refractivity contribution in [1.82, 2.24) is 5.53 Å². The molecule has 0 atom stereocenters. The minimum absolute atomic E-state index is 0.720. The maximum absolute atomic E-state index is 4.19. The molecule has 0 unspecified atom stereocenters. The summed E-state index contributed by atoms with van der Waals surface area (Å²) in [5.74, 6) is 0. The summed E-state index contributed by atoms with van der Waals surface area (Å²) in [4.78, 5) is 0. The molecule has 0 aromatic heterocycles. The average Bonchev–Trinajstić information content (AvgIpc) is 2.83. The molecule has 0 spiro atoms. The Labute approximate surface area is 114 Å². The second kappa shape index (κ2) is 4.70. The Bertz CT molecular complexity index is 556. The third kappa shape index (κ3) is 1.93.